The molecule has 2 rings (SSSR count). The van der Waals surface area contributed by atoms with Crippen molar-refractivity contribution in [3.63, 3.8) is 0 Å². The monoisotopic (exact) mass is 306 g/mol. The van der Waals surface area contributed by atoms with E-state index >= 15 is 0 Å². The fourth-order valence-electron chi connectivity index (χ4n) is 3.47. The highest BCUT2D eigenvalue weighted by molar-refractivity contribution is 8.00. The highest BCUT2D eigenvalue weighted by atomic mass is 32.2. The Morgan fingerprint density at radius 3 is 2.24 bits per heavy atom. The van der Waals surface area contributed by atoms with Crippen LogP contribution in [0.3, 0.4) is 0 Å². The molecule has 1 aliphatic heterocycles. The van der Waals surface area contributed by atoms with Gasteiger partial charge in [0.15, 0.2) is 0 Å². The van der Waals surface area contributed by atoms with E-state index in [1.807, 2.05) is 0 Å². The summed E-state index contributed by atoms with van der Waals surface area (Å²) in [6, 6.07) is 7.36. The van der Waals surface area contributed by atoms with Crippen LogP contribution in [0.2, 0.25) is 0 Å². The van der Waals surface area contributed by atoms with Crippen LogP contribution >= 0.6 is 11.8 Å². The third-order valence-electron chi connectivity index (χ3n) is 4.22. The van der Waals surface area contributed by atoms with Crippen molar-refractivity contribution in [1.82, 2.24) is 10.2 Å². The second kappa shape index (κ2) is 7.66. The van der Waals surface area contributed by atoms with Gasteiger partial charge in [0.1, 0.15) is 0 Å². The van der Waals surface area contributed by atoms with E-state index in [-0.39, 0.29) is 0 Å². The molecule has 21 heavy (non-hydrogen) atoms. The Bertz CT molecular complexity index is 430. The summed E-state index contributed by atoms with van der Waals surface area (Å²) in [7, 11) is 2.08. The summed E-state index contributed by atoms with van der Waals surface area (Å²) in [6.07, 6.45) is 1.18. The highest BCUT2D eigenvalue weighted by Crippen LogP contribution is 2.26. The Balaban J connectivity index is 1.96. The van der Waals surface area contributed by atoms with Crippen LogP contribution in [0, 0.1) is 13.8 Å². The first-order valence-corrected chi connectivity index (χ1v) is 9.05. The Morgan fingerprint density at radius 1 is 1.14 bits per heavy atom. The van der Waals surface area contributed by atoms with E-state index in [2.05, 4.69) is 74.9 Å². The summed E-state index contributed by atoms with van der Waals surface area (Å²) in [5, 5.41) is 5.04. The summed E-state index contributed by atoms with van der Waals surface area (Å²) in [6.45, 7) is 12.7. The predicted molar refractivity (Wildman–Crippen MR) is 95.3 cm³/mol. The van der Waals surface area contributed by atoms with Gasteiger partial charge in [0.25, 0.3) is 0 Å². The Kier molecular flexibility index (Phi) is 6.15. The summed E-state index contributed by atoms with van der Waals surface area (Å²) < 4.78 is 0. The molecule has 2 nitrogen and oxygen atoms in total. The van der Waals surface area contributed by atoms with Crippen LogP contribution in [0.15, 0.2) is 18.2 Å². The largest absolute Gasteiger partial charge is 0.313 e. The zero-order valence-electron chi connectivity index (χ0n) is 14.1. The number of hydrogen-bond acceptors (Lipinski definition) is 3. The smallest absolute Gasteiger partial charge is 0.0329 e. The summed E-state index contributed by atoms with van der Waals surface area (Å²) in [4.78, 5) is 2.64. The lowest BCUT2D eigenvalue weighted by Gasteiger charge is -2.35. The molecule has 0 spiro atoms. The Labute approximate surface area is 134 Å². The molecule has 3 unspecified atom stereocenters. The molecule has 0 amide bonds. The number of thioether (sulfide) groups is 1. The molecular formula is C18H30N2S. The van der Waals surface area contributed by atoms with Crippen molar-refractivity contribution in [1.29, 1.82) is 0 Å². The lowest BCUT2D eigenvalue weighted by Crippen LogP contribution is -2.41. The van der Waals surface area contributed by atoms with Crippen molar-refractivity contribution in [3.05, 3.63) is 34.9 Å². The maximum atomic E-state index is 3.50. The van der Waals surface area contributed by atoms with Crippen LogP contribution in [0.1, 0.15) is 43.0 Å². The molecule has 3 heteroatoms. The van der Waals surface area contributed by atoms with Gasteiger partial charge in [-0.25, -0.2) is 0 Å². The first kappa shape index (κ1) is 16.9. The minimum atomic E-state index is 0.462. The predicted octanol–water partition coefficient (Wildman–Crippen LogP) is 3.78. The van der Waals surface area contributed by atoms with Crippen LogP contribution < -0.4 is 5.32 Å². The highest BCUT2D eigenvalue weighted by Gasteiger charge is 2.22. The quantitative estimate of drug-likeness (QED) is 0.891. The van der Waals surface area contributed by atoms with E-state index in [1.54, 1.807) is 0 Å². The molecule has 0 bridgehead atoms. The van der Waals surface area contributed by atoms with Crippen LogP contribution in [-0.2, 0) is 0 Å². The van der Waals surface area contributed by atoms with Crippen molar-refractivity contribution >= 4 is 11.8 Å². The fraction of sp³-hybridized carbons (Fsp3) is 0.667. The third kappa shape index (κ3) is 5.01. The van der Waals surface area contributed by atoms with Gasteiger partial charge in [0, 0.05) is 36.2 Å². The van der Waals surface area contributed by atoms with Crippen molar-refractivity contribution in [3.8, 4) is 0 Å². The molecule has 118 valence electrons. The third-order valence-corrected chi connectivity index (χ3v) is 5.45. The van der Waals surface area contributed by atoms with Crippen LogP contribution in [0.4, 0.5) is 0 Å². The minimum Gasteiger partial charge on any atom is -0.313 e. The maximum absolute atomic E-state index is 3.50. The van der Waals surface area contributed by atoms with E-state index in [9.17, 15) is 0 Å². The minimum absolute atomic E-state index is 0.462. The lowest BCUT2D eigenvalue weighted by molar-refractivity contribution is 0.256. The van der Waals surface area contributed by atoms with Crippen LogP contribution in [0.5, 0.6) is 0 Å². The van der Waals surface area contributed by atoms with Crippen molar-refractivity contribution < 1.29 is 0 Å². The van der Waals surface area contributed by atoms with Crippen LogP contribution in [0.25, 0.3) is 0 Å². The molecule has 0 radical (unpaired) electrons. The number of benzene rings is 1. The van der Waals surface area contributed by atoms with E-state index in [0.29, 0.717) is 6.04 Å². The van der Waals surface area contributed by atoms with E-state index in [4.69, 9.17) is 0 Å². The molecule has 1 saturated heterocycles. The summed E-state index contributed by atoms with van der Waals surface area (Å²) >= 11 is 2.13. The zero-order valence-corrected chi connectivity index (χ0v) is 15.0. The maximum Gasteiger partial charge on any atom is 0.0329 e. The van der Waals surface area contributed by atoms with Gasteiger partial charge in [-0.2, -0.15) is 11.8 Å². The first-order chi connectivity index (χ1) is 9.97. The molecule has 1 fully saturated rings. The van der Waals surface area contributed by atoms with Crippen molar-refractivity contribution in [2.24, 2.45) is 0 Å². The van der Waals surface area contributed by atoms with Gasteiger partial charge in [-0.15, -0.1) is 0 Å². The standard InChI is InChI=1S/C18H30N2S/c1-13-8-14(2)10-17(9-13)18(19-5)6-7-20-11-15(3)21-16(4)12-20/h8-10,15-16,18-19H,6-7,11-12H2,1-5H3. The van der Waals surface area contributed by atoms with Gasteiger partial charge in [-0.1, -0.05) is 43.2 Å². The zero-order chi connectivity index (χ0) is 15.4. The van der Waals surface area contributed by atoms with Crippen molar-refractivity contribution in [2.45, 2.75) is 50.7 Å². The Hall–Kier alpha value is -0.510. The fourth-order valence-corrected chi connectivity index (χ4v) is 4.85. The van der Waals surface area contributed by atoms with Crippen LogP contribution in [-0.4, -0.2) is 42.1 Å². The topological polar surface area (TPSA) is 15.3 Å². The molecule has 0 aliphatic carbocycles. The summed E-state index contributed by atoms with van der Waals surface area (Å²) in [5.74, 6) is 0. The first-order valence-electron chi connectivity index (χ1n) is 8.11. The van der Waals surface area contributed by atoms with Gasteiger partial charge in [-0.05, 0) is 32.9 Å². The molecular weight excluding hydrogens is 276 g/mol. The van der Waals surface area contributed by atoms with Gasteiger partial charge >= 0.3 is 0 Å². The SMILES string of the molecule is CNC(CCN1CC(C)SC(C)C1)c1cc(C)cc(C)c1. The second-order valence-electron chi connectivity index (χ2n) is 6.57. The average molecular weight is 307 g/mol. The average Bonchev–Trinajstić information content (AvgIpc) is 2.37. The van der Waals surface area contributed by atoms with Gasteiger partial charge in [0.05, 0.1) is 0 Å². The summed E-state index contributed by atoms with van der Waals surface area (Å²) in [5.41, 5.74) is 4.16. The molecule has 0 aromatic heterocycles. The van der Waals surface area contributed by atoms with E-state index in [0.717, 1.165) is 10.5 Å². The van der Waals surface area contributed by atoms with E-state index < -0.39 is 0 Å². The molecule has 0 saturated carbocycles. The Morgan fingerprint density at radius 2 is 1.71 bits per heavy atom. The molecule has 1 heterocycles. The number of nitrogens with one attached hydrogen (secondary N) is 1. The molecule has 3 atom stereocenters. The molecule has 1 N–H and O–H groups in total. The molecule has 1 aromatic carbocycles. The van der Waals surface area contributed by atoms with Gasteiger partial charge in [-0.3, -0.25) is 0 Å². The normalized spacial score (nSPS) is 25.0. The van der Waals surface area contributed by atoms with E-state index in [1.165, 1.54) is 42.7 Å². The number of rotatable bonds is 5. The number of nitrogens with zero attached hydrogens (tertiary/aromatic N) is 1. The number of hydrogen-bond donors (Lipinski definition) is 1. The molecule has 1 aromatic rings. The van der Waals surface area contributed by atoms with Crippen molar-refractivity contribution in [2.75, 3.05) is 26.7 Å². The lowest BCUT2D eigenvalue weighted by atomic mass is 9.99. The van der Waals surface area contributed by atoms with Gasteiger partial charge < -0.3 is 10.2 Å². The second-order valence-corrected chi connectivity index (χ2v) is 8.45. The van der Waals surface area contributed by atoms with Gasteiger partial charge in [0.2, 0.25) is 0 Å². The molecule has 1 aliphatic rings. The number of aryl methyl sites for hydroxylation is 2.